The molecule has 0 aliphatic carbocycles. The normalized spacial score (nSPS) is 11.9. The molecule has 9 heteroatoms. The van der Waals surface area contributed by atoms with Gasteiger partial charge in [0, 0.05) is 0 Å². The third-order valence-electron chi connectivity index (χ3n) is 6.45. The zero-order valence-corrected chi connectivity index (χ0v) is 29.4. The summed E-state index contributed by atoms with van der Waals surface area (Å²) in [5.74, 6) is -1.32. The minimum atomic E-state index is -4.24. The van der Waals surface area contributed by atoms with E-state index in [1.54, 1.807) is 0 Å². The van der Waals surface area contributed by atoms with Gasteiger partial charge in [-0.25, -0.2) is 0 Å². The second kappa shape index (κ2) is 24.7. The molecule has 0 aromatic carbocycles. The van der Waals surface area contributed by atoms with Gasteiger partial charge in [0.1, 0.15) is 0 Å². The summed E-state index contributed by atoms with van der Waals surface area (Å²) in [7, 11) is 0. The van der Waals surface area contributed by atoms with Gasteiger partial charge in [-0.3, -0.25) is 0 Å². The molecule has 0 aliphatic rings. The Balaban J connectivity index is 4.99. The Labute approximate surface area is 253 Å². The number of ether oxygens (including phenoxy) is 2. The third-order valence-corrected chi connectivity index (χ3v) is 16.1. The van der Waals surface area contributed by atoms with Crippen molar-refractivity contribution in [2.24, 2.45) is 11.8 Å². The van der Waals surface area contributed by atoms with Crippen LogP contribution in [0.1, 0.15) is 119 Å². The van der Waals surface area contributed by atoms with Gasteiger partial charge in [0.15, 0.2) is 0 Å². The van der Waals surface area contributed by atoms with Crippen molar-refractivity contribution in [1.29, 1.82) is 0 Å². The van der Waals surface area contributed by atoms with Crippen LogP contribution in [0.2, 0.25) is 8.87 Å². The van der Waals surface area contributed by atoms with Gasteiger partial charge < -0.3 is 0 Å². The van der Waals surface area contributed by atoms with Crippen LogP contribution in [-0.4, -0.2) is 56.3 Å². The quantitative estimate of drug-likeness (QED) is 0.0439. The van der Waals surface area contributed by atoms with Gasteiger partial charge in [-0.05, 0) is 0 Å². The molecule has 0 aliphatic heterocycles. The van der Waals surface area contributed by atoms with Crippen molar-refractivity contribution in [2.75, 3.05) is 13.2 Å². The van der Waals surface area contributed by atoms with E-state index < -0.39 is 43.1 Å². The summed E-state index contributed by atoms with van der Waals surface area (Å²) < 4.78 is 23.1. The van der Waals surface area contributed by atoms with Crippen LogP contribution in [0.25, 0.3) is 0 Å². The molecule has 0 unspecified atom stereocenters. The third kappa shape index (κ3) is 23.4. The predicted molar refractivity (Wildman–Crippen MR) is 164 cm³/mol. The fraction of sp³-hybridized carbons (Fsp3) is 0.750. The molecule has 0 fully saturated rings. The van der Waals surface area contributed by atoms with Crippen molar-refractivity contribution in [2.45, 2.75) is 127 Å². The van der Waals surface area contributed by atoms with Gasteiger partial charge in [-0.1, -0.05) is 27.7 Å². The first kappa shape index (κ1) is 39.2. The van der Waals surface area contributed by atoms with E-state index in [1.807, 2.05) is 13.8 Å². The van der Waals surface area contributed by atoms with E-state index in [9.17, 15) is 19.2 Å². The molecule has 0 radical (unpaired) electrons. The Hall–Kier alpha value is -1.84. The van der Waals surface area contributed by atoms with Crippen LogP contribution in [0.15, 0.2) is 24.3 Å². The number of unbranched alkanes of at least 4 members (excludes halogenated alkanes) is 6. The first-order valence-electron chi connectivity index (χ1n) is 15.7. The molecule has 0 atom stereocenters. The molecule has 0 N–H and O–H groups in total. The molecular weight excluding hydrogens is 631 g/mol. The van der Waals surface area contributed by atoms with Crippen LogP contribution >= 0.6 is 0 Å². The standard InChI is InChI=1S/2C12H20O4.2C4H9.Sn/c2*1-10(2)6-4-3-5-9-16-12(15)8-7-11(13)14;2*1-3-4-2;/h2*7-8,10H,3-6,9H2,1-2H3,(H,13,14);2*1,3-4H2,2H3;/q;;;;+2/p-2/b2*8-7-;;;. The maximum absolute atomic E-state index is 12.7. The number of rotatable bonds is 24. The topological polar surface area (TPSA) is 105 Å². The summed E-state index contributed by atoms with van der Waals surface area (Å²) in [6.07, 6.45) is 15.4. The Morgan fingerprint density at radius 2 is 0.902 bits per heavy atom. The van der Waals surface area contributed by atoms with E-state index in [0.29, 0.717) is 33.9 Å². The van der Waals surface area contributed by atoms with Crippen LogP contribution in [0, 0.1) is 11.8 Å². The van der Waals surface area contributed by atoms with Gasteiger partial charge in [-0.15, -0.1) is 0 Å². The van der Waals surface area contributed by atoms with Crippen molar-refractivity contribution >= 4 is 43.1 Å². The van der Waals surface area contributed by atoms with Crippen LogP contribution < -0.4 is 0 Å². The Bertz CT molecular complexity index is 738. The van der Waals surface area contributed by atoms with Crippen molar-refractivity contribution in [3.8, 4) is 0 Å². The summed E-state index contributed by atoms with van der Waals surface area (Å²) in [4.78, 5) is 49.5. The van der Waals surface area contributed by atoms with Crippen molar-refractivity contribution in [1.82, 2.24) is 0 Å². The number of esters is 2. The van der Waals surface area contributed by atoms with E-state index in [-0.39, 0.29) is 0 Å². The molecule has 41 heavy (non-hydrogen) atoms. The van der Waals surface area contributed by atoms with Gasteiger partial charge in [0.25, 0.3) is 0 Å². The molecule has 0 saturated heterocycles. The van der Waals surface area contributed by atoms with Gasteiger partial charge in [0.2, 0.25) is 0 Å². The zero-order chi connectivity index (χ0) is 30.9. The minimum absolute atomic E-state index is 0.303. The Morgan fingerprint density at radius 1 is 0.537 bits per heavy atom. The molecule has 0 aromatic rings. The average Bonchev–Trinajstić information content (AvgIpc) is 2.91. The van der Waals surface area contributed by atoms with Crippen LogP contribution in [0.3, 0.4) is 0 Å². The summed E-state index contributed by atoms with van der Waals surface area (Å²) in [5, 5.41) is 0. The van der Waals surface area contributed by atoms with E-state index in [1.165, 1.54) is 0 Å². The minimum Gasteiger partial charge on any atom is -0.0628 e. The molecule has 0 saturated carbocycles. The van der Waals surface area contributed by atoms with Crippen molar-refractivity contribution in [3.05, 3.63) is 24.3 Å². The number of hydrogen-bond acceptors (Lipinski definition) is 8. The summed E-state index contributed by atoms with van der Waals surface area (Å²) >= 11 is -4.24. The molecule has 0 bridgehead atoms. The summed E-state index contributed by atoms with van der Waals surface area (Å²) in [6, 6.07) is 0. The Kier molecular flexibility index (Phi) is 23.6. The Morgan fingerprint density at radius 3 is 1.24 bits per heavy atom. The van der Waals surface area contributed by atoms with E-state index >= 15 is 0 Å². The predicted octanol–water partition coefficient (Wildman–Crippen LogP) is 7.75. The van der Waals surface area contributed by atoms with E-state index in [0.717, 1.165) is 101 Å². The summed E-state index contributed by atoms with van der Waals surface area (Å²) in [6.45, 7) is 13.3. The number of hydrogen-bond donors (Lipinski definition) is 0. The zero-order valence-electron chi connectivity index (χ0n) is 26.5. The molecule has 0 heterocycles. The molecule has 0 rings (SSSR count). The average molecular weight is 688 g/mol. The fourth-order valence-corrected chi connectivity index (χ4v) is 13.6. The number of carbonyl (C=O) groups excluding carboxylic acids is 4. The first-order valence-corrected chi connectivity index (χ1v) is 22.1. The van der Waals surface area contributed by atoms with Gasteiger partial charge in [-0.2, -0.15) is 0 Å². The van der Waals surface area contributed by atoms with Crippen LogP contribution in [0.5, 0.6) is 0 Å². The SMILES string of the molecule is CCC[CH2][Sn]([CH2]CCC)([O]C(=O)/C=C\C(=O)OCCCCCC(C)C)[O]C(=O)/C=C\C(=O)OCCCCCC(C)C. The van der Waals surface area contributed by atoms with Gasteiger partial charge in [0.05, 0.1) is 0 Å². The summed E-state index contributed by atoms with van der Waals surface area (Å²) in [5.41, 5.74) is 0. The van der Waals surface area contributed by atoms with E-state index in [4.69, 9.17) is 15.6 Å². The monoisotopic (exact) mass is 688 g/mol. The molecular formula is C32H56O8Sn. The van der Waals surface area contributed by atoms with Crippen molar-refractivity contribution < 1.29 is 34.8 Å². The van der Waals surface area contributed by atoms with Crippen LogP contribution in [-0.2, 0) is 34.8 Å². The van der Waals surface area contributed by atoms with Crippen molar-refractivity contribution in [3.63, 3.8) is 0 Å². The maximum atomic E-state index is 12.7. The second-order valence-electron chi connectivity index (χ2n) is 11.4. The van der Waals surface area contributed by atoms with Gasteiger partial charge >= 0.3 is 227 Å². The molecule has 8 nitrogen and oxygen atoms in total. The van der Waals surface area contributed by atoms with Crippen LogP contribution in [0.4, 0.5) is 0 Å². The van der Waals surface area contributed by atoms with E-state index in [2.05, 4.69) is 27.7 Å². The fourth-order valence-electron chi connectivity index (χ4n) is 4.05. The second-order valence-corrected chi connectivity index (χ2v) is 20.7. The molecule has 0 aromatic heterocycles. The molecule has 0 amide bonds. The number of carbonyl (C=O) groups is 4. The molecule has 0 spiro atoms. The molecule has 236 valence electrons. The smallest absolute Gasteiger partial charge is 0.0628 e. The first-order chi connectivity index (χ1) is 19.5.